The number of ether oxygens (including phenoxy) is 3. The first-order valence-electron chi connectivity index (χ1n) is 10.3. The second kappa shape index (κ2) is 10.3. The predicted octanol–water partition coefficient (Wildman–Crippen LogP) is 2.31. The highest BCUT2D eigenvalue weighted by atomic mass is 32.2. The molecule has 176 valence electrons. The molecule has 0 bridgehead atoms. The highest BCUT2D eigenvalue weighted by Gasteiger charge is 2.15. The number of carbonyl (C=O) groups excluding carboxylic acids is 1. The third-order valence-corrected chi connectivity index (χ3v) is 6.03. The van der Waals surface area contributed by atoms with Crippen molar-refractivity contribution in [3.8, 4) is 22.9 Å². The molecule has 0 radical (unpaired) electrons. The maximum Gasteiger partial charge on any atom is 0.300 e. The van der Waals surface area contributed by atoms with Gasteiger partial charge in [0, 0.05) is 30.2 Å². The molecule has 0 spiro atoms. The van der Waals surface area contributed by atoms with Crippen LogP contribution < -0.4 is 25.1 Å². The van der Waals surface area contributed by atoms with Crippen LogP contribution in [0.25, 0.3) is 11.3 Å². The summed E-state index contributed by atoms with van der Waals surface area (Å²) in [6, 6.07) is 12.6. The summed E-state index contributed by atoms with van der Waals surface area (Å²) < 4.78 is 18.9. The van der Waals surface area contributed by atoms with Crippen molar-refractivity contribution in [1.82, 2.24) is 24.5 Å². The largest absolute Gasteiger partial charge is 0.497 e. The topological polar surface area (TPSA) is 109 Å². The summed E-state index contributed by atoms with van der Waals surface area (Å²) in [5, 5.41) is 11.4. The van der Waals surface area contributed by atoms with E-state index in [0.717, 1.165) is 5.56 Å². The Morgan fingerprint density at radius 3 is 2.50 bits per heavy atom. The highest BCUT2D eigenvalue weighted by Crippen LogP contribution is 2.30. The molecule has 0 fully saturated rings. The average Bonchev–Trinajstić information content (AvgIpc) is 3.30. The molecule has 2 aromatic heterocycles. The molecule has 2 heterocycles. The maximum absolute atomic E-state index is 12.9. The van der Waals surface area contributed by atoms with Crippen LogP contribution in [-0.4, -0.2) is 52.2 Å². The first-order valence-corrected chi connectivity index (χ1v) is 11.2. The number of hydrogen-bond acceptors (Lipinski definition) is 8. The molecule has 0 atom stereocenters. The molecule has 1 N–H and O–H groups in total. The van der Waals surface area contributed by atoms with Crippen LogP contribution in [0, 0.1) is 0 Å². The number of aromatic nitrogens is 4. The standard InChI is InChI=1S/C23H23N5O5S/c1-31-17-9-7-16(8-10-17)27-11-12-28-21(22(27)30)25-26-23(28)34-14-19(29)24-13-15-5-4-6-18(32-2)20(15)33-3/h4-12H,13-14H2,1-3H3,(H,24,29). The molecule has 0 aliphatic heterocycles. The SMILES string of the molecule is COc1ccc(-n2ccn3c(SCC(=O)NCc4cccc(OC)c4OC)nnc3c2=O)cc1. The molecule has 4 rings (SSSR count). The van der Waals surface area contributed by atoms with E-state index >= 15 is 0 Å². The van der Waals surface area contributed by atoms with Gasteiger partial charge in [0.1, 0.15) is 5.75 Å². The van der Waals surface area contributed by atoms with E-state index in [1.165, 1.54) is 16.3 Å². The molecule has 1 amide bonds. The third kappa shape index (κ3) is 4.69. The molecule has 0 saturated heterocycles. The fourth-order valence-electron chi connectivity index (χ4n) is 3.38. The smallest absolute Gasteiger partial charge is 0.300 e. The van der Waals surface area contributed by atoms with Gasteiger partial charge in [0.25, 0.3) is 0 Å². The van der Waals surface area contributed by atoms with Crippen molar-refractivity contribution < 1.29 is 19.0 Å². The number of carbonyl (C=O) groups is 1. The van der Waals surface area contributed by atoms with E-state index in [4.69, 9.17) is 14.2 Å². The molecule has 0 aliphatic rings. The molecule has 0 unspecified atom stereocenters. The van der Waals surface area contributed by atoms with Crippen LogP contribution in [-0.2, 0) is 11.3 Å². The number of thioether (sulfide) groups is 1. The van der Waals surface area contributed by atoms with Crippen LogP contribution in [0.3, 0.4) is 0 Å². The molecular formula is C23H23N5O5S. The minimum absolute atomic E-state index is 0.106. The van der Waals surface area contributed by atoms with Gasteiger partial charge in [-0.3, -0.25) is 18.6 Å². The Morgan fingerprint density at radius 2 is 1.79 bits per heavy atom. The summed E-state index contributed by atoms with van der Waals surface area (Å²) in [4.78, 5) is 25.3. The number of methoxy groups -OCH3 is 3. The van der Waals surface area contributed by atoms with Crippen molar-refractivity contribution in [1.29, 1.82) is 0 Å². The summed E-state index contributed by atoms with van der Waals surface area (Å²) >= 11 is 1.19. The number of fused-ring (bicyclic) bond motifs is 1. The van der Waals surface area contributed by atoms with E-state index in [-0.39, 0.29) is 29.4 Å². The van der Waals surface area contributed by atoms with E-state index in [1.54, 1.807) is 68.5 Å². The van der Waals surface area contributed by atoms with Crippen LogP contribution in [0.1, 0.15) is 5.56 Å². The molecule has 10 nitrogen and oxygen atoms in total. The van der Waals surface area contributed by atoms with Gasteiger partial charge < -0.3 is 19.5 Å². The lowest BCUT2D eigenvalue weighted by atomic mass is 10.2. The molecular weight excluding hydrogens is 458 g/mol. The summed E-state index contributed by atoms with van der Waals surface area (Å²) in [5.41, 5.74) is 1.33. The second-order valence-corrected chi connectivity index (χ2v) is 8.01. The normalized spacial score (nSPS) is 10.8. The zero-order chi connectivity index (χ0) is 24.1. The molecule has 0 aliphatic carbocycles. The lowest BCUT2D eigenvalue weighted by Crippen LogP contribution is -2.25. The molecule has 34 heavy (non-hydrogen) atoms. The van der Waals surface area contributed by atoms with Gasteiger partial charge in [-0.2, -0.15) is 0 Å². The summed E-state index contributed by atoms with van der Waals surface area (Å²) in [5.74, 6) is 1.78. The molecule has 11 heteroatoms. The molecule has 4 aromatic rings. The van der Waals surface area contributed by atoms with Crippen molar-refractivity contribution in [3.05, 3.63) is 70.8 Å². The fourth-order valence-corrected chi connectivity index (χ4v) is 4.13. The van der Waals surface area contributed by atoms with Gasteiger partial charge in [-0.1, -0.05) is 23.9 Å². The Kier molecular flexibility index (Phi) is 7.02. The van der Waals surface area contributed by atoms with Crippen molar-refractivity contribution in [2.24, 2.45) is 0 Å². The number of nitrogens with one attached hydrogen (secondary N) is 1. The number of amides is 1. The van der Waals surface area contributed by atoms with Gasteiger partial charge in [-0.25, -0.2) is 0 Å². The predicted molar refractivity (Wildman–Crippen MR) is 127 cm³/mol. The van der Waals surface area contributed by atoms with Crippen molar-refractivity contribution in [2.75, 3.05) is 27.1 Å². The van der Waals surface area contributed by atoms with Crippen LogP contribution in [0.2, 0.25) is 0 Å². The van der Waals surface area contributed by atoms with Gasteiger partial charge >= 0.3 is 5.56 Å². The lowest BCUT2D eigenvalue weighted by molar-refractivity contribution is -0.118. The number of rotatable bonds is 9. The number of benzene rings is 2. The third-order valence-electron chi connectivity index (χ3n) is 5.08. The second-order valence-electron chi connectivity index (χ2n) is 7.07. The van der Waals surface area contributed by atoms with Crippen molar-refractivity contribution in [3.63, 3.8) is 0 Å². The van der Waals surface area contributed by atoms with E-state index < -0.39 is 0 Å². The lowest BCUT2D eigenvalue weighted by Gasteiger charge is -2.13. The van der Waals surface area contributed by atoms with Gasteiger partial charge in [-0.15, -0.1) is 10.2 Å². The van der Waals surface area contributed by atoms with E-state index in [1.807, 2.05) is 12.1 Å². The van der Waals surface area contributed by atoms with E-state index in [9.17, 15) is 9.59 Å². The number of hydrogen-bond donors (Lipinski definition) is 1. The Balaban J connectivity index is 1.43. The van der Waals surface area contributed by atoms with E-state index in [2.05, 4.69) is 15.5 Å². The fraction of sp³-hybridized carbons (Fsp3) is 0.217. The molecule has 2 aromatic carbocycles. The monoisotopic (exact) mass is 481 g/mol. The Bertz CT molecular complexity index is 1370. The van der Waals surface area contributed by atoms with Crippen LogP contribution >= 0.6 is 11.8 Å². The van der Waals surface area contributed by atoms with Crippen LogP contribution in [0.4, 0.5) is 0 Å². The number of nitrogens with zero attached hydrogens (tertiary/aromatic N) is 4. The van der Waals surface area contributed by atoms with Gasteiger partial charge in [0.2, 0.25) is 11.6 Å². The number of para-hydroxylation sites is 1. The maximum atomic E-state index is 12.9. The zero-order valence-corrected chi connectivity index (χ0v) is 19.7. The Morgan fingerprint density at radius 1 is 1.00 bits per heavy atom. The average molecular weight is 482 g/mol. The van der Waals surface area contributed by atoms with Crippen LogP contribution in [0.5, 0.6) is 17.2 Å². The Hall–Kier alpha value is -3.99. The van der Waals surface area contributed by atoms with Gasteiger partial charge in [0.15, 0.2) is 16.7 Å². The molecule has 0 saturated carbocycles. The quantitative estimate of drug-likeness (QED) is 0.363. The van der Waals surface area contributed by atoms with Crippen molar-refractivity contribution >= 4 is 23.3 Å². The first kappa shape index (κ1) is 23.2. The van der Waals surface area contributed by atoms with Crippen molar-refractivity contribution in [2.45, 2.75) is 11.7 Å². The summed E-state index contributed by atoms with van der Waals surface area (Å²) in [6.07, 6.45) is 3.34. The minimum Gasteiger partial charge on any atom is -0.497 e. The minimum atomic E-state index is -0.318. The van der Waals surface area contributed by atoms with E-state index in [0.29, 0.717) is 28.1 Å². The van der Waals surface area contributed by atoms with Crippen LogP contribution in [0.15, 0.2) is 64.8 Å². The zero-order valence-electron chi connectivity index (χ0n) is 18.8. The first-order chi connectivity index (χ1) is 16.5. The van der Waals surface area contributed by atoms with Gasteiger partial charge in [-0.05, 0) is 30.3 Å². The summed E-state index contributed by atoms with van der Waals surface area (Å²) in [7, 11) is 4.70. The highest BCUT2D eigenvalue weighted by molar-refractivity contribution is 7.99. The Labute approximate surface area is 199 Å². The van der Waals surface area contributed by atoms with Gasteiger partial charge in [0.05, 0.1) is 27.1 Å². The summed E-state index contributed by atoms with van der Waals surface area (Å²) in [6.45, 7) is 0.285.